The van der Waals surface area contributed by atoms with Crippen LogP contribution in [0.1, 0.15) is 36.4 Å². The molecule has 4 atom stereocenters. The van der Waals surface area contributed by atoms with Crippen LogP contribution in [0.3, 0.4) is 0 Å². The van der Waals surface area contributed by atoms with E-state index in [0.29, 0.717) is 26.1 Å². The topological polar surface area (TPSA) is 149 Å². The van der Waals surface area contributed by atoms with E-state index in [-0.39, 0.29) is 48.7 Å². The Bertz CT molecular complexity index is 1290. The fourth-order valence-corrected chi connectivity index (χ4v) is 5.76. The lowest BCUT2D eigenvalue weighted by Crippen LogP contribution is -3.00. The molecule has 2 aromatic rings. The Balaban J connectivity index is 1.16. The van der Waals surface area contributed by atoms with E-state index >= 15 is 0 Å². The lowest BCUT2D eigenvalue weighted by Gasteiger charge is -2.43. The molecular weight excluding hydrogens is 494 g/mol. The molecule has 0 spiro atoms. The molecule has 202 valence electrons. The van der Waals surface area contributed by atoms with E-state index < -0.39 is 22.9 Å². The zero-order valence-corrected chi connectivity index (χ0v) is 21.1. The molecule has 5 rings (SSSR count). The van der Waals surface area contributed by atoms with Gasteiger partial charge in [0.2, 0.25) is 11.6 Å². The summed E-state index contributed by atoms with van der Waals surface area (Å²) in [7, 11) is 1.59. The lowest BCUT2D eigenvalue weighted by atomic mass is 9.83. The molecule has 1 aromatic heterocycles. The van der Waals surface area contributed by atoms with Crippen LogP contribution >= 0.6 is 0 Å². The highest BCUT2D eigenvalue weighted by Gasteiger charge is 2.40. The van der Waals surface area contributed by atoms with E-state index in [4.69, 9.17) is 4.74 Å². The van der Waals surface area contributed by atoms with Crippen molar-refractivity contribution in [1.82, 2.24) is 19.7 Å². The number of fused-ring (bicyclic) bond motifs is 4. The maximum Gasteiger partial charge on any atom is 0.324 e. The quantitative estimate of drug-likeness (QED) is 0.328. The van der Waals surface area contributed by atoms with Crippen molar-refractivity contribution in [2.24, 2.45) is 5.92 Å². The van der Waals surface area contributed by atoms with Gasteiger partial charge in [-0.1, -0.05) is 12.1 Å². The van der Waals surface area contributed by atoms with Crippen LogP contribution in [-0.4, -0.2) is 70.2 Å². The largest absolute Gasteiger partial charge is 0.595 e. The highest BCUT2D eigenvalue weighted by Crippen LogP contribution is 2.35. The number of hydrogen-bond donors (Lipinski definition) is 3. The average molecular weight is 526 g/mol. The van der Waals surface area contributed by atoms with Gasteiger partial charge in [-0.2, -0.15) is 5.23 Å². The Morgan fingerprint density at radius 3 is 2.61 bits per heavy atom. The second-order valence-electron chi connectivity index (χ2n) is 10.1. The number of piperidine rings is 1. The molecule has 12 nitrogen and oxygen atoms in total. The van der Waals surface area contributed by atoms with Crippen molar-refractivity contribution in [3.8, 4) is 5.75 Å². The number of rotatable bonds is 8. The number of quaternary nitrogens is 1. The van der Waals surface area contributed by atoms with Gasteiger partial charge in [-0.15, -0.1) is 0 Å². The van der Waals surface area contributed by atoms with Gasteiger partial charge in [0.15, 0.2) is 0 Å². The summed E-state index contributed by atoms with van der Waals surface area (Å²) < 4.78 is 6.69. The number of carbonyl (C=O) groups excluding carboxylic acids is 3. The summed E-state index contributed by atoms with van der Waals surface area (Å²) in [6.07, 6.45) is 1.68. The molecule has 3 aliphatic rings. The predicted octanol–water partition coefficient (Wildman–Crippen LogP) is 0.149. The van der Waals surface area contributed by atoms with Gasteiger partial charge in [-0.3, -0.25) is 19.3 Å². The van der Waals surface area contributed by atoms with Gasteiger partial charge >= 0.3 is 11.6 Å². The molecule has 0 aliphatic carbocycles. The van der Waals surface area contributed by atoms with Gasteiger partial charge in [0, 0.05) is 50.3 Å². The first-order valence-corrected chi connectivity index (χ1v) is 12.7. The molecule has 1 aromatic carbocycles. The third-order valence-electron chi connectivity index (χ3n) is 7.72. The Hall–Kier alpha value is -3.74. The summed E-state index contributed by atoms with van der Waals surface area (Å²) >= 11 is 0. The fourth-order valence-electron chi connectivity index (χ4n) is 5.76. The first-order chi connectivity index (χ1) is 18.2. The molecule has 4 unspecified atom stereocenters. The van der Waals surface area contributed by atoms with Crippen LogP contribution in [0.5, 0.6) is 5.75 Å². The molecule has 3 N–H and O–H groups in total. The van der Waals surface area contributed by atoms with Gasteiger partial charge in [0.25, 0.3) is 5.91 Å². The highest BCUT2D eigenvalue weighted by molar-refractivity contribution is 6.04. The number of likely N-dealkylation sites (tertiary alicyclic amines) is 1. The van der Waals surface area contributed by atoms with Gasteiger partial charge < -0.3 is 24.7 Å². The second kappa shape index (κ2) is 10.6. The normalized spacial score (nSPS) is 23.2. The minimum atomic E-state index is -1.24. The third-order valence-corrected chi connectivity index (χ3v) is 7.72. The molecule has 38 heavy (non-hydrogen) atoms. The first-order valence-electron chi connectivity index (χ1n) is 12.7. The van der Waals surface area contributed by atoms with Crippen LogP contribution in [-0.2, 0) is 22.6 Å². The SMILES string of the molecule is COc1ccc(CCN2C(=O)NC(CCC(=O)N3CC4CC(C3)c3ccc([NH+]([O-])O)c(=O)n3C4)C2=O)cc1. The smallest absolute Gasteiger partial charge is 0.324 e. The zero-order valence-electron chi connectivity index (χ0n) is 21.1. The van der Waals surface area contributed by atoms with Crippen molar-refractivity contribution in [2.75, 3.05) is 26.7 Å². The molecule has 2 saturated heterocycles. The van der Waals surface area contributed by atoms with Crippen LogP contribution < -0.4 is 20.8 Å². The first kappa shape index (κ1) is 25.9. The number of benzene rings is 1. The maximum absolute atomic E-state index is 13.1. The predicted molar refractivity (Wildman–Crippen MR) is 134 cm³/mol. The number of imide groups is 1. The molecule has 0 saturated carbocycles. The van der Waals surface area contributed by atoms with Gasteiger partial charge in [-0.05, 0) is 48.9 Å². The summed E-state index contributed by atoms with van der Waals surface area (Å²) in [6.45, 7) is 1.52. The number of hydrogen-bond acceptors (Lipinski definition) is 7. The second-order valence-corrected chi connectivity index (χ2v) is 10.1. The maximum atomic E-state index is 13.1. The van der Waals surface area contributed by atoms with Gasteiger partial charge in [-0.25, -0.2) is 10.0 Å². The summed E-state index contributed by atoms with van der Waals surface area (Å²) in [6, 6.07) is 9.27. The number of pyridine rings is 1. The highest BCUT2D eigenvalue weighted by atomic mass is 16.8. The molecule has 4 heterocycles. The molecule has 3 aliphatic heterocycles. The van der Waals surface area contributed by atoms with Crippen molar-refractivity contribution in [3.05, 3.63) is 63.2 Å². The number of carbonyl (C=O) groups is 3. The average Bonchev–Trinajstić information content (AvgIpc) is 3.18. The molecule has 2 bridgehead atoms. The molecular formula is C26H31N5O7. The number of amides is 4. The molecule has 12 heteroatoms. The number of nitrogens with zero attached hydrogens (tertiary/aromatic N) is 3. The van der Waals surface area contributed by atoms with Crippen LogP contribution in [0, 0.1) is 11.1 Å². The Morgan fingerprint density at radius 2 is 1.89 bits per heavy atom. The molecule has 4 amide bonds. The number of aromatic nitrogens is 1. The van der Waals surface area contributed by atoms with Crippen LogP contribution in [0.4, 0.5) is 10.5 Å². The standard InChI is InChI=1S/C26H31N5O7/c1-38-19-4-2-16(3-5-19)10-11-29-24(33)20(27-26(29)35)6-9-23(32)28-13-17-12-18(15-28)21-7-8-22(31(36)37)25(34)30(21)14-17/h2-5,7-8,17-18,20,31,36H,6,9-15H2,1H3,(H,27,35). The summed E-state index contributed by atoms with van der Waals surface area (Å²) in [5.74, 6) is 0.304. The number of methoxy groups -OCH3 is 1. The van der Waals surface area contributed by atoms with E-state index in [9.17, 15) is 29.6 Å². The zero-order chi connectivity index (χ0) is 27.0. The van der Waals surface area contributed by atoms with Crippen molar-refractivity contribution >= 4 is 23.5 Å². The van der Waals surface area contributed by atoms with E-state index in [0.717, 1.165) is 23.4 Å². The minimum Gasteiger partial charge on any atom is -0.595 e. The summed E-state index contributed by atoms with van der Waals surface area (Å²) in [4.78, 5) is 53.9. The third kappa shape index (κ3) is 5.02. The molecule has 2 fully saturated rings. The Labute approximate surface area is 218 Å². The Morgan fingerprint density at radius 1 is 1.13 bits per heavy atom. The van der Waals surface area contributed by atoms with E-state index in [2.05, 4.69) is 5.32 Å². The Kier molecular flexibility index (Phi) is 7.19. The summed E-state index contributed by atoms with van der Waals surface area (Å²) in [5, 5.41) is 22.1. The van der Waals surface area contributed by atoms with Gasteiger partial charge in [0.05, 0.1) is 7.11 Å². The number of ether oxygens (including phenoxy) is 1. The van der Waals surface area contributed by atoms with E-state index in [1.54, 1.807) is 18.1 Å². The molecule has 0 radical (unpaired) electrons. The van der Waals surface area contributed by atoms with E-state index in [1.807, 2.05) is 24.3 Å². The minimum absolute atomic E-state index is 0.0493. The monoisotopic (exact) mass is 525 g/mol. The summed E-state index contributed by atoms with van der Waals surface area (Å²) in [5.41, 5.74) is 0.975. The van der Waals surface area contributed by atoms with Crippen molar-refractivity contribution in [1.29, 1.82) is 0 Å². The van der Waals surface area contributed by atoms with Gasteiger partial charge in [0.1, 0.15) is 11.8 Å². The fraction of sp³-hybridized carbons (Fsp3) is 0.462. The number of nitrogens with one attached hydrogen (secondary N) is 2. The van der Waals surface area contributed by atoms with Crippen LogP contribution in [0.15, 0.2) is 41.2 Å². The lowest BCUT2D eigenvalue weighted by molar-refractivity contribution is -0.992. The van der Waals surface area contributed by atoms with E-state index in [1.165, 1.54) is 15.5 Å². The van der Waals surface area contributed by atoms with Crippen LogP contribution in [0.25, 0.3) is 0 Å². The van der Waals surface area contributed by atoms with Crippen LogP contribution in [0.2, 0.25) is 0 Å². The van der Waals surface area contributed by atoms with Crippen molar-refractivity contribution in [3.63, 3.8) is 0 Å². The van der Waals surface area contributed by atoms with Crippen molar-refractivity contribution in [2.45, 2.75) is 44.2 Å². The van der Waals surface area contributed by atoms with Crippen molar-refractivity contribution < 1.29 is 29.6 Å². The number of urea groups is 1.